The third kappa shape index (κ3) is 3.43. The fourth-order valence-corrected chi connectivity index (χ4v) is 2.43. The van der Waals surface area contributed by atoms with E-state index in [1.807, 2.05) is 24.3 Å². The molecule has 0 radical (unpaired) electrons. The normalized spacial score (nSPS) is 10.5. The molecule has 0 aliphatic carbocycles. The number of para-hydroxylation sites is 1. The number of rotatable bonds is 5. The van der Waals surface area contributed by atoms with Crippen molar-refractivity contribution in [3.63, 3.8) is 0 Å². The standard InChI is InChI=1S/C18H17N3O3/c1-24-13-6-4-5-12(11-13)9-10-19-18(23)16-20-15-8-3-2-7-14(15)17(22)21-16/h2-8,11H,9-10H2,1H3,(H,19,23)(H,20,21,22). The summed E-state index contributed by atoms with van der Waals surface area (Å²) in [7, 11) is 1.61. The number of ether oxygens (including phenoxy) is 1. The molecule has 24 heavy (non-hydrogen) atoms. The maximum absolute atomic E-state index is 12.2. The average molecular weight is 323 g/mol. The molecule has 0 spiro atoms. The van der Waals surface area contributed by atoms with E-state index in [-0.39, 0.29) is 11.4 Å². The van der Waals surface area contributed by atoms with Crippen molar-refractivity contribution in [2.45, 2.75) is 6.42 Å². The van der Waals surface area contributed by atoms with Gasteiger partial charge in [-0.05, 0) is 36.2 Å². The third-order valence-electron chi connectivity index (χ3n) is 3.66. The Morgan fingerprint density at radius 2 is 2.04 bits per heavy atom. The minimum absolute atomic E-state index is 0.0179. The Bertz CT molecular complexity index is 934. The van der Waals surface area contributed by atoms with Gasteiger partial charge in [0.25, 0.3) is 11.5 Å². The van der Waals surface area contributed by atoms with E-state index in [1.54, 1.807) is 31.4 Å². The maximum Gasteiger partial charge on any atom is 0.287 e. The molecule has 2 N–H and O–H groups in total. The number of carbonyl (C=O) groups is 1. The zero-order valence-electron chi connectivity index (χ0n) is 13.2. The molecule has 122 valence electrons. The topological polar surface area (TPSA) is 84.1 Å². The first-order chi connectivity index (χ1) is 11.7. The highest BCUT2D eigenvalue weighted by Gasteiger charge is 2.10. The van der Waals surface area contributed by atoms with Crippen LogP contribution in [0.2, 0.25) is 0 Å². The largest absolute Gasteiger partial charge is 0.497 e. The first-order valence-corrected chi connectivity index (χ1v) is 7.57. The Hall–Kier alpha value is -3.15. The zero-order chi connectivity index (χ0) is 16.9. The minimum atomic E-state index is -0.402. The molecule has 0 bridgehead atoms. The third-order valence-corrected chi connectivity index (χ3v) is 3.66. The first-order valence-electron chi connectivity index (χ1n) is 7.57. The van der Waals surface area contributed by atoms with Gasteiger partial charge in [-0.25, -0.2) is 4.98 Å². The van der Waals surface area contributed by atoms with Crippen molar-refractivity contribution < 1.29 is 9.53 Å². The van der Waals surface area contributed by atoms with Crippen LogP contribution in [-0.2, 0) is 6.42 Å². The molecule has 0 aliphatic heterocycles. The summed E-state index contributed by atoms with van der Waals surface area (Å²) in [6.45, 7) is 0.433. The van der Waals surface area contributed by atoms with Gasteiger partial charge in [0.2, 0.25) is 0 Å². The summed E-state index contributed by atoms with van der Waals surface area (Å²) in [6, 6.07) is 14.6. The number of methoxy groups -OCH3 is 1. The molecule has 0 fully saturated rings. The van der Waals surface area contributed by atoms with Crippen LogP contribution >= 0.6 is 0 Å². The highest BCUT2D eigenvalue weighted by atomic mass is 16.5. The molecule has 1 aromatic heterocycles. The highest BCUT2D eigenvalue weighted by molar-refractivity contribution is 5.92. The highest BCUT2D eigenvalue weighted by Crippen LogP contribution is 2.12. The van der Waals surface area contributed by atoms with Gasteiger partial charge in [-0.15, -0.1) is 0 Å². The number of carbonyl (C=O) groups excluding carboxylic acids is 1. The lowest BCUT2D eigenvalue weighted by Gasteiger charge is -2.07. The predicted octanol–water partition coefficient (Wildman–Crippen LogP) is 1.90. The van der Waals surface area contributed by atoms with Crippen molar-refractivity contribution >= 4 is 16.8 Å². The van der Waals surface area contributed by atoms with E-state index >= 15 is 0 Å². The molecule has 0 aliphatic rings. The predicted molar refractivity (Wildman–Crippen MR) is 91.4 cm³/mol. The van der Waals surface area contributed by atoms with Crippen molar-refractivity contribution in [1.29, 1.82) is 0 Å². The number of fused-ring (bicyclic) bond motifs is 1. The molecule has 1 amide bonds. The van der Waals surface area contributed by atoms with Crippen LogP contribution in [0.25, 0.3) is 10.9 Å². The van der Waals surface area contributed by atoms with E-state index in [9.17, 15) is 9.59 Å². The van der Waals surface area contributed by atoms with E-state index < -0.39 is 5.91 Å². The number of hydrogen-bond donors (Lipinski definition) is 2. The number of aromatic nitrogens is 2. The number of amides is 1. The zero-order valence-corrected chi connectivity index (χ0v) is 13.2. The van der Waals surface area contributed by atoms with E-state index in [1.165, 1.54) is 0 Å². The second-order valence-electron chi connectivity index (χ2n) is 5.29. The summed E-state index contributed by atoms with van der Waals surface area (Å²) < 4.78 is 5.17. The molecule has 0 saturated carbocycles. The van der Waals surface area contributed by atoms with E-state index in [0.29, 0.717) is 23.9 Å². The van der Waals surface area contributed by atoms with Crippen molar-refractivity contribution in [3.8, 4) is 5.75 Å². The number of nitrogens with one attached hydrogen (secondary N) is 2. The fraction of sp³-hybridized carbons (Fsp3) is 0.167. The quantitative estimate of drug-likeness (QED) is 0.751. The summed E-state index contributed by atoms with van der Waals surface area (Å²) in [6.07, 6.45) is 0.654. The van der Waals surface area contributed by atoms with Gasteiger partial charge in [-0.2, -0.15) is 0 Å². The van der Waals surface area contributed by atoms with Crippen molar-refractivity contribution in [2.75, 3.05) is 13.7 Å². The molecule has 0 unspecified atom stereocenters. The van der Waals surface area contributed by atoms with E-state index in [4.69, 9.17) is 4.74 Å². The second kappa shape index (κ2) is 6.95. The minimum Gasteiger partial charge on any atom is -0.497 e. The van der Waals surface area contributed by atoms with E-state index in [0.717, 1.165) is 11.3 Å². The average Bonchev–Trinajstić information content (AvgIpc) is 2.62. The van der Waals surface area contributed by atoms with Gasteiger partial charge in [0.15, 0.2) is 5.82 Å². The lowest BCUT2D eigenvalue weighted by Crippen LogP contribution is -2.29. The molecule has 6 nitrogen and oxygen atoms in total. The van der Waals surface area contributed by atoms with Gasteiger partial charge >= 0.3 is 0 Å². The van der Waals surface area contributed by atoms with Gasteiger partial charge in [0.1, 0.15) is 5.75 Å². The van der Waals surface area contributed by atoms with Gasteiger partial charge in [-0.3, -0.25) is 9.59 Å². The lowest BCUT2D eigenvalue weighted by atomic mass is 10.1. The summed E-state index contributed by atoms with van der Waals surface area (Å²) in [5, 5.41) is 3.23. The number of benzene rings is 2. The summed E-state index contributed by atoms with van der Waals surface area (Å²) in [4.78, 5) is 30.9. The molecule has 0 atom stereocenters. The van der Waals surface area contributed by atoms with Crippen molar-refractivity contribution in [2.24, 2.45) is 0 Å². The molecule has 3 aromatic rings. The number of aromatic amines is 1. The number of H-pyrrole nitrogens is 1. The fourth-order valence-electron chi connectivity index (χ4n) is 2.43. The Kier molecular flexibility index (Phi) is 4.56. The molecular formula is C18H17N3O3. The van der Waals surface area contributed by atoms with Crippen LogP contribution in [0.15, 0.2) is 53.3 Å². The molecular weight excluding hydrogens is 306 g/mol. The molecule has 3 rings (SSSR count). The van der Waals surface area contributed by atoms with Crippen LogP contribution in [0.3, 0.4) is 0 Å². The smallest absolute Gasteiger partial charge is 0.287 e. The van der Waals surface area contributed by atoms with Gasteiger partial charge < -0.3 is 15.0 Å². The van der Waals surface area contributed by atoms with Crippen LogP contribution < -0.4 is 15.6 Å². The van der Waals surface area contributed by atoms with Crippen LogP contribution in [0, 0.1) is 0 Å². The van der Waals surface area contributed by atoms with Crippen LogP contribution in [-0.4, -0.2) is 29.5 Å². The Balaban J connectivity index is 1.68. The summed E-state index contributed by atoms with van der Waals surface area (Å²) in [5.74, 6) is 0.393. The first kappa shape index (κ1) is 15.7. The van der Waals surface area contributed by atoms with Crippen molar-refractivity contribution in [3.05, 3.63) is 70.3 Å². The van der Waals surface area contributed by atoms with E-state index in [2.05, 4.69) is 15.3 Å². The Labute approximate surface area is 138 Å². The maximum atomic E-state index is 12.2. The Morgan fingerprint density at radius 3 is 2.88 bits per heavy atom. The van der Waals surface area contributed by atoms with Gasteiger partial charge in [0, 0.05) is 6.54 Å². The van der Waals surface area contributed by atoms with Crippen molar-refractivity contribution in [1.82, 2.24) is 15.3 Å². The SMILES string of the molecule is COc1cccc(CCNC(=O)c2nc3ccccc3c(=O)[nH]2)c1. The van der Waals surface area contributed by atoms with Gasteiger partial charge in [0.05, 0.1) is 18.0 Å². The van der Waals surface area contributed by atoms with Crippen LogP contribution in [0.5, 0.6) is 5.75 Å². The monoisotopic (exact) mass is 323 g/mol. The van der Waals surface area contributed by atoms with Crippen LogP contribution in [0.1, 0.15) is 16.2 Å². The molecule has 1 heterocycles. The summed E-state index contributed by atoms with van der Waals surface area (Å²) >= 11 is 0. The van der Waals surface area contributed by atoms with Gasteiger partial charge in [-0.1, -0.05) is 24.3 Å². The number of nitrogens with zero attached hydrogens (tertiary/aromatic N) is 1. The molecule has 6 heteroatoms. The number of hydrogen-bond acceptors (Lipinski definition) is 4. The lowest BCUT2D eigenvalue weighted by molar-refractivity contribution is 0.0944. The summed E-state index contributed by atoms with van der Waals surface area (Å²) in [5.41, 5.74) is 1.23. The molecule has 2 aromatic carbocycles. The second-order valence-corrected chi connectivity index (χ2v) is 5.29. The van der Waals surface area contributed by atoms with Crippen LogP contribution in [0.4, 0.5) is 0 Å². The molecule has 0 saturated heterocycles. The Morgan fingerprint density at radius 1 is 1.21 bits per heavy atom.